The summed E-state index contributed by atoms with van der Waals surface area (Å²) in [5, 5.41) is 6.28. The van der Waals surface area contributed by atoms with Crippen LogP contribution in [0.2, 0.25) is 0 Å². The zero-order valence-corrected chi connectivity index (χ0v) is 10.8. The van der Waals surface area contributed by atoms with Crippen molar-refractivity contribution in [3.63, 3.8) is 0 Å². The highest BCUT2D eigenvalue weighted by atomic mass is 16.2. The molecule has 1 saturated heterocycles. The van der Waals surface area contributed by atoms with E-state index in [9.17, 15) is 4.79 Å². The van der Waals surface area contributed by atoms with Gasteiger partial charge in [0.05, 0.1) is 0 Å². The van der Waals surface area contributed by atoms with E-state index in [4.69, 9.17) is 5.73 Å². The lowest BCUT2D eigenvalue weighted by Crippen LogP contribution is -2.48. The van der Waals surface area contributed by atoms with Gasteiger partial charge in [-0.2, -0.15) is 0 Å². The van der Waals surface area contributed by atoms with Crippen molar-refractivity contribution in [3.8, 4) is 0 Å². The van der Waals surface area contributed by atoms with Crippen LogP contribution in [-0.2, 0) is 4.79 Å². The molecule has 0 aromatic heterocycles. The largest absolute Gasteiger partial charge is 0.350 e. The van der Waals surface area contributed by atoms with Crippen LogP contribution in [0.1, 0.15) is 30.0 Å². The third kappa shape index (κ3) is 3.31. The molecule has 2 unspecified atom stereocenters. The molecule has 1 aliphatic heterocycles. The van der Waals surface area contributed by atoms with Crippen molar-refractivity contribution in [2.24, 2.45) is 5.73 Å². The number of piperidine rings is 1. The summed E-state index contributed by atoms with van der Waals surface area (Å²) in [4.78, 5) is 12.0. The standard InChI is InChI=1S/C14H21N3O/c1-10-4-6-11(7-5-10)13(15)14(18)17-12-3-2-8-16-9-12/h4-7,12-13,16H,2-3,8-9,15H2,1H3,(H,17,18). The summed E-state index contributed by atoms with van der Waals surface area (Å²) in [6, 6.07) is 7.42. The zero-order valence-electron chi connectivity index (χ0n) is 10.8. The molecule has 0 bridgehead atoms. The van der Waals surface area contributed by atoms with Crippen molar-refractivity contribution < 1.29 is 4.79 Å². The quantitative estimate of drug-likeness (QED) is 0.742. The fourth-order valence-electron chi connectivity index (χ4n) is 2.19. The second kappa shape index (κ2) is 5.98. The van der Waals surface area contributed by atoms with E-state index in [1.165, 1.54) is 5.56 Å². The summed E-state index contributed by atoms with van der Waals surface area (Å²) in [6.45, 7) is 3.89. The number of benzene rings is 1. The molecule has 18 heavy (non-hydrogen) atoms. The van der Waals surface area contributed by atoms with Crippen molar-refractivity contribution in [1.29, 1.82) is 0 Å². The number of carbonyl (C=O) groups excluding carboxylic acids is 1. The van der Waals surface area contributed by atoms with Crippen LogP contribution in [0.4, 0.5) is 0 Å². The Balaban J connectivity index is 1.93. The molecule has 4 N–H and O–H groups in total. The van der Waals surface area contributed by atoms with E-state index in [1.54, 1.807) is 0 Å². The van der Waals surface area contributed by atoms with Crippen molar-refractivity contribution in [2.45, 2.75) is 31.8 Å². The highest BCUT2D eigenvalue weighted by Gasteiger charge is 2.20. The predicted octanol–water partition coefficient (Wildman–Crippen LogP) is 0.863. The van der Waals surface area contributed by atoms with Crippen LogP contribution in [0.25, 0.3) is 0 Å². The second-order valence-electron chi connectivity index (χ2n) is 4.94. The maximum atomic E-state index is 12.0. The summed E-state index contributed by atoms with van der Waals surface area (Å²) in [5.74, 6) is -0.0902. The van der Waals surface area contributed by atoms with Crippen LogP contribution in [-0.4, -0.2) is 25.0 Å². The Morgan fingerprint density at radius 3 is 2.78 bits per heavy atom. The first-order valence-corrected chi connectivity index (χ1v) is 6.50. The van der Waals surface area contributed by atoms with Gasteiger partial charge in [0.25, 0.3) is 0 Å². The molecule has 0 spiro atoms. The molecule has 1 aromatic carbocycles. The summed E-state index contributed by atoms with van der Waals surface area (Å²) in [7, 11) is 0. The van der Waals surface area contributed by atoms with Gasteiger partial charge in [0.2, 0.25) is 5.91 Å². The number of aryl methyl sites for hydroxylation is 1. The predicted molar refractivity (Wildman–Crippen MR) is 72.1 cm³/mol. The summed E-state index contributed by atoms with van der Waals surface area (Å²) < 4.78 is 0. The molecule has 2 atom stereocenters. The van der Waals surface area contributed by atoms with Gasteiger partial charge in [0, 0.05) is 12.6 Å². The van der Waals surface area contributed by atoms with Crippen LogP contribution < -0.4 is 16.4 Å². The van der Waals surface area contributed by atoms with Gasteiger partial charge in [0.1, 0.15) is 6.04 Å². The van der Waals surface area contributed by atoms with Crippen molar-refractivity contribution in [2.75, 3.05) is 13.1 Å². The molecule has 0 saturated carbocycles. The van der Waals surface area contributed by atoms with Gasteiger partial charge in [0.15, 0.2) is 0 Å². The van der Waals surface area contributed by atoms with Gasteiger partial charge in [-0.05, 0) is 31.9 Å². The Bertz CT molecular complexity index is 396. The summed E-state index contributed by atoms with van der Waals surface area (Å²) in [5.41, 5.74) is 8.01. The number of amides is 1. The van der Waals surface area contributed by atoms with Gasteiger partial charge < -0.3 is 16.4 Å². The highest BCUT2D eigenvalue weighted by molar-refractivity contribution is 5.83. The highest BCUT2D eigenvalue weighted by Crippen LogP contribution is 2.12. The van der Waals surface area contributed by atoms with E-state index in [1.807, 2.05) is 31.2 Å². The SMILES string of the molecule is Cc1ccc(C(N)C(=O)NC2CCCNC2)cc1. The van der Waals surface area contributed by atoms with E-state index in [0.29, 0.717) is 0 Å². The molecule has 4 heteroatoms. The lowest BCUT2D eigenvalue weighted by atomic mass is 10.0. The number of nitrogens with one attached hydrogen (secondary N) is 2. The first-order chi connectivity index (χ1) is 8.66. The van der Waals surface area contributed by atoms with Crippen molar-refractivity contribution in [3.05, 3.63) is 35.4 Å². The maximum Gasteiger partial charge on any atom is 0.241 e. The first-order valence-electron chi connectivity index (χ1n) is 6.50. The fourth-order valence-corrected chi connectivity index (χ4v) is 2.19. The molecule has 98 valence electrons. The lowest BCUT2D eigenvalue weighted by molar-refractivity contribution is -0.123. The molecule has 1 aromatic rings. The normalized spacial score (nSPS) is 21.3. The van der Waals surface area contributed by atoms with Crippen LogP contribution in [0.5, 0.6) is 0 Å². The molecular weight excluding hydrogens is 226 g/mol. The Morgan fingerprint density at radius 1 is 1.44 bits per heavy atom. The van der Waals surface area contributed by atoms with Crippen molar-refractivity contribution in [1.82, 2.24) is 10.6 Å². The van der Waals surface area contributed by atoms with Gasteiger partial charge >= 0.3 is 0 Å². The summed E-state index contributed by atoms with van der Waals surface area (Å²) >= 11 is 0. The number of carbonyl (C=O) groups is 1. The molecule has 2 rings (SSSR count). The lowest BCUT2D eigenvalue weighted by Gasteiger charge is -2.25. The monoisotopic (exact) mass is 247 g/mol. The fraction of sp³-hybridized carbons (Fsp3) is 0.500. The second-order valence-corrected chi connectivity index (χ2v) is 4.94. The smallest absolute Gasteiger partial charge is 0.241 e. The van der Waals surface area contributed by atoms with Crippen molar-refractivity contribution >= 4 is 5.91 Å². The average molecular weight is 247 g/mol. The van der Waals surface area contributed by atoms with Crippen LogP contribution in [0.3, 0.4) is 0 Å². The molecule has 0 radical (unpaired) electrons. The first kappa shape index (κ1) is 13.1. The third-order valence-corrected chi connectivity index (χ3v) is 3.36. The van der Waals surface area contributed by atoms with E-state index < -0.39 is 6.04 Å². The number of hydrogen-bond donors (Lipinski definition) is 3. The molecule has 1 heterocycles. The van der Waals surface area contributed by atoms with Gasteiger partial charge in [-0.25, -0.2) is 0 Å². The number of rotatable bonds is 3. The summed E-state index contributed by atoms with van der Waals surface area (Å²) in [6.07, 6.45) is 2.13. The molecule has 0 aliphatic carbocycles. The Hall–Kier alpha value is -1.39. The zero-order chi connectivity index (χ0) is 13.0. The molecule has 1 amide bonds. The Kier molecular flexibility index (Phi) is 4.33. The molecular formula is C14H21N3O. The van der Waals surface area contributed by atoms with E-state index >= 15 is 0 Å². The molecule has 1 fully saturated rings. The topological polar surface area (TPSA) is 67.2 Å². The molecule has 1 aliphatic rings. The Morgan fingerprint density at radius 2 is 2.17 bits per heavy atom. The average Bonchev–Trinajstić information content (AvgIpc) is 2.40. The number of nitrogens with two attached hydrogens (primary N) is 1. The van der Waals surface area contributed by atoms with Gasteiger partial charge in [-0.15, -0.1) is 0 Å². The third-order valence-electron chi connectivity index (χ3n) is 3.36. The minimum absolute atomic E-state index is 0.0902. The van der Waals surface area contributed by atoms with Crippen LogP contribution >= 0.6 is 0 Å². The maximum absolute atomic E-state index is 12.0. The minimum atomic E-state index is -0.576. The molecule has 4 nitrogen and oxygen atoms in total. The van der Waals surface area contributed by atoms with E-state index in [2.05, 4.69) is 10.6 Å². The van der Waals surface area contributed by atoms with Crippen LogP contribution in [0.15, 0.2) is 24.3 Å². The van der Waals surface area contributed by atoms with Gasteiger partial charge in [-0.1, -0.05) is 29.8 Å². The van der Waals surface area contributed by atoms with E-state index in [0.717, 1.165) is 31.5 Å². The Labute approximate surface area is 108 Å². The van der Waals surface area contributed by atoms with Gasteiger partial charge in [-0.3, -0.25) is 4.79 Å². The minimum Gasteiger partial charge on any atom is -0.350 e. The van der Waals surface area contributed by atoms with Crippen LogP contribution in [0, 0.1) is 6.92 Å². The number of hydrogen-bond acceptors (Lipinski definition) is 3. The van der Waals surface area contributed by atoms with E-state index in [-0.39, 0.29) is 11.9 Å².